The molecule has 132 valence electrons. The van der Waals surface area contributed by atoms with Gasteiger partial charge >= 0.3 is 5.97 Å². The van der Waals surface area contributed by atoms with E-state index >= 15 is 0 Å². The summed E-state index contributed by atoms with van der Waals surface area (Å²) >= 11 is 11.8. The lowest BCUT2D eigenvalue weighted by Gasteiger charge is -2.20. The first-order valence-corrected chi connectivity index (χ1v) is 8.37. The molecule has 0 aromatic heterocycles. The fraction of sp³-hybridized carbons (Fsp3) is 0.294. The Labute approximate surface area is 154 Å². The van der Waals surface area contributed by atoms with Crippen LogP contribution in [0, 0.1) is 0 Å². The summed E-state index contributed by atoms with van der Waals surface area (Å²) in [7, 11) is 0. The van der Waals surface area contributed by atoms with Crippen LogP contribution >= 0.6 is 23.2 Å². The van der Waals surface area contributed by atoms with E-state index in [9.17, 15) is 14.7 Å². The maximum Gasteiger partial charge on any atom is 0.326 e. The van der Waals surface area contributed by atoms with Crippen LogP contribution in [-0.2, 0) is 14.3 Å². The number of ether oxygens (including phenoxy) is 2. The van der Waals surface area contributed by atoms with E-state index in [1.165, 1.54) is 18.4 Å². The van der Waals surface area contributed by atoms with Crippen molar-refractivity contribution in [1.29, 1.82) is 0 Å². The highest BCUT2D eigenvalue weighted by molar-refractivity contribution is 6.35. The summed E-state index contributed by atoms with van der Waals surface area (Å²) in [6.45, 7) is 0.573. The summed E-state index contributed by atoms with van der Waals surface area (Å²) in [6, 6.07) is 3.27. The molecule has 3 rings (SSSR count). The number of rotatable bonds is 5. The molecule has 8 heteroatoms. The first-order valence-electron chi connectivity index (χ1n) is 7.61. The van der Waals surface area contributed by atoms with Crippen molar-refractivity contribution in [3.63, 3.8) is 0 Å². The summed E-state index contributed by atoms with van der Waals surface area (Å²) in [6.07, 6.45) is 3.99. The van der Waals surface area contributed by atoms with Crippen LogP contribution in [0.1, 0.15) is 23.2 Å². The molecule has 0 saturated carbocycles. The summed E-state index contributed by atoms with van der Waals surface area (Å²) in [5, 5.41) is 12.4. The smallest absolute Gasteiger partial charge is 0.326 e. The van der Waals surface area contributed by atoms with Crippen LogP contribution in [0.3, 0.4) is 0 Å². The molecule has 1 saturated heterocycles. The van der Waals surface area contributed by atoms with Crippen molar-refractivity contribution in [3.05, 3.63) is 57.5 Å². The predicted molar refractivity (Wildman–Crippen MR) is 91.6 cm³/mol. The third kappa shape index (κ3) is 4.08. The van der Waals surface area contributed by atoms with Gasteiger partial charge in [-0.05, 0) is 29.8 Å². The number of carbonyl (C=O) groups is 2. The molecule has 2 aliphatic heterocycles. The van der Waals surface area contributed by atoms with Gasteiger partial charge in [0.25, 0.3) is 5.91 Å². The van der Waals surface area contributed by atoms with Crippen molar-refractivity contribution in [2.75, 3.05) is 6.61 Å². The molecule has 2 unspecified atom stereocenters. The zero-order valence-electron chi connectivity index (χ0n) is 13.0. The number of aliphatic carboxylic acids is 1. The Kier molecular flexibility index (Phi) is 5.20. The minimum absolute atomic E-state index is 0.0544. The third-order valence-electron chi connectivity index (χ3n) is 3.89. The monoisotopic (exact) mass is 383 g/mol. The predicted octanol–water partition coefficient (Wildman–Crippen LogP) is 3.15. The second-order valence-electron chi connectivity index (χ2n) is 5.69. The quantitative estimate of drug-likeness (QED) is 0.815. The highest BCUT2D eigenvalue weighted by Crippen LogP contribution is 2.28. The van der Waals surface area contributed by atoms with Gasteiger partial charge in [0.05, 0.1) is 23.5 Å². The van der Waals surface area contributed by atoms with E-state index in [4.69, 9.17) is 32.7 Å². The van der Waals surface area contributed by atoms with Crippen LogP contribution in [0.5, 0.6) is 0 Å². The first-order chi connectivity index (χ1) is 11.9. The van der Waals surface area contributed by atoms with Gasteiger partial charge in [-0.25, -0.2) is 4.79 Å². The van der Waals surface area contributed by atoms with E-state index in [1.807, 2.05) is 0 Å². The Bertz CT molecular complexity index is 774. The van der Waals surface area contributed by atoms with Gasteiger partial charge in [0.1, 0.15) is 11.8 Å². The molecule has 2 N–H and O–H groups in total. The number of fused-ring (bicyclic) bond motifs is 1. The number of allylic oxidation sites excluding steroid dienone is 1. The molecule has 6 nitrogen and oxygen atoms in total. The Morgan fingerprint density at radius 1 is 1.36 bits per heavy atom. The lowest BCUT2D eigenvalue weighted by molar-refractivity contribution is -0.139. The van der Waals surface area contributed by atoms with Gasteiger partial charge < -0.3 is 19.9 Å². The molecule has 1 fully saturated rings. The summed E-state index contributed by atoms with van der Waals surface area (Å²) in [5.41, 5.74) is 0.741. The van der Waals surface area contributed by atoms with Gasteiger partial charge in [-0.15, -0.1) is 0 Å². The number of carbonyl (C=O) groups excluding carboxylic acids is 1. The Hall–Kier alpha value is -2.18. The SMILES string of the molecule is O=C(NC(CC1=COC2CCOC2=C1)C(=O)O)c1cc(Cl)ccc1Cl. The third-order valence-corrected chi connectivity index (χ3v) is 4.46. The van der Waals surface area contributed by atoms with Gasteiger partial charge in [-0.3, -0.25) is 4.79 Å². The molecule has 0 aliphatic carbocycles. The molecule has 1 aromatic rings. The van der Waals surface area contributed by atoms with Crippen molar-refractivity contribution in [2.45, 2.75) is 25.0 Å². The zero-order chi connectivity index (χ0) is 18.0. The average Bonchev–Trinajstić information content (AvgIpc) is 3.04. The van der Waals surface area contributed by atoms with E-state index in [2.05, 4.69) is 5.32 Å². The molecule has 2 aliphatic rings. The van der Waals surface area contributed by atoms with E-state index in [0.29, 0.717) is 23.0 Å². The van der Waals surface area contributed by atoms with E-state index in [1.54, 1.807) is 12.1 Å². The highest BCUT2D eigenvalue weighted by Gasteiger charge is 2.29. The van der Waals surface area contributed by atoms with Gasteiger partial charge in [-0.2, -0.15) is 0 Å². The maximum atomic E-state index is 12.3. The maximum absolute atomic E-state index is 12.3. The number of benzene rings is 1. The van der Waals surface area contributed by atoms with E-state index < -0.39 is 17.9 Å². The van der Waals surface area contributed by atoms with Gasteiger partial charge in [0.15, 0.2) is 6.10 Å². The number of halogens is 2. The second-order valence-corrected chi connectivity index (χ2v) is 6.54. The lowest BCUT2D eigenvalue weighted by atomic mass is 10.0. The first kappa shape index (κ1) is 17.6. The molecule has 1 aromatic carbocycles. The van der Waals surface area contributed by atoms with E-state index in [-0.39, 0.29) is 23.1 Å². The second kappa shape index (κ2) is 7.37. The minimum Gasteiger partial charge on any atom is -0.494 e. The van der Waals surface area contributed by atoms with Gasteiger partial charge in [0, 0.05) is 17.9 Å². The molecule has 0 bridgehead atoms. The van der Waals surface area contributed by atoms with Crippen LogP contribution in [0.15, 0.2) is 41.9 Å². The Balaban J connectivity index is 1.72. The Morgan fingerprint density at radius 3 is 2.92 bits per heavy atom. The molecule has 0 spiro atoms. The number of carboxylic acid groups (broad SMARTS) is 1. The lowest BCUT2D eigenvalue weighted by Crippen LogP contribution is -2.41. The molecule has 1 amide bonds. The summed E-state index contributed by atoms with van der Waals surface area (Å²) < 4.78 is 11.0. The highest BCUT2D eigenvalue weighted by atomic mass is 35.5. The topological polar surface area (TPSA) is 84.9 Å². The molecular formula is C17H15Cl2NO5. The van der Waals surface area contributed by atoms with Crippen molar-refractivity contribution >= 4 is 35.1 Å². The molecule has 25 heavy (non-hydrogen) atoms. The van der Waals surface area contributed by atoms with Gasteiger partial charge in [0.2, 0.25) is 0 Å². The standard InChI is InChI=1S/C17H15Cl2NO5/c18-10-1-2-12(19)11(7-10)16(21)20-13(17(22)23)5-9-6-15-14(25-8-9)3-4-24-15/h1-2,6-8,13-14H,3-5H2,(H,20,21)(H,22,23). The van der Waals surface area contributed by atoms with Crippen LogP contribution in [0.2, 0.25) is 10.0 Å². The number of carboxylic acids is 1. The number of amides is 1. The van der Waals surface area contributed by atoms with Crippen molar-refractivity contribution in [1.82, 2.24) is 5.32 Å². The fourth-order valence-corrected chi connectivity index (χ4v) is 3.00. The normalized spacial score (nSPS) is 19.7. The van der Waals surface area contributed by atoms with Gasteiger partial charge in [-0.1, -0.05) is 23.2 Å². The largest absolute Gasteiger partial charge is 0.494 e. The van der Waals surface area contributed by atoms with Crippen LogP contribution in [0.25, 0.3) is 0 Å². The number of hydrogen-bond donors (Lipinski definition) is 2. The zero-order valence-corrected chi connectivity index (χ0v) is 14.5. The summed E-state index contributed by atoms with van der Waals surface area (Å²) in [4.78, 5) is 23.9. The van der Waals surface area contributed by atoms with Crippen LogP contribution in [-0.4, -0.2) is 35.7 Å². The average molecular weight is 384 g/mol. The molecule has 0 radical (unpaired) electrons. The molecular weight excluding hydrogens is 369 g/mol. The number of nitrogens with one attached hydrogen (secondary N) is 1. The van der Waals surface area contributed by atoms with Crippen molar-refractivity contribution in [3.8, 4) is 0 Å². The molecule has 2 atom stereocenters. The van der Waals surface area contributed by atoms with Crippen LogP contribution < -0.4 is 5.32 Å². The number of hydrogen-bond acceptors (Lipinski definition) is 4. The molecule has 2 heterocycles. The minimum atomic E-state index is -1.17. The Morgan fingerprint density at radius 2 is 2.16 bits per heavy atom. The van der Waals surface area contributed by atoms with Crippen LogP contribution in [0.4, 0.5) is 0 Å². The van der Waals surface area contributed by atoms with Crippen molar-refractivity contribution < 1.29 is 24.2 Å². The summed E-state index contributed by atoms with van der Waals surface area (Å²) in [5.74, 6) is -1.09. The van der Waals surface area contributed by atoms with E-state index in [0.717, 1.165) is 6.42 Å². The fourth-order valence-electron chi connectivity index (χ4n) is 2.63. The van der Waals surface area contributed by atoms with Crippen molar-refractivity contribution in [2.24, 2.45) is 0 Å².